The van der Waals surface area contributed by atoms with Gasteiger partial charge in [-0.1, -0.05) is 12.1 Å². The maximum absolute atomic E-state index is 13.4. The van der Waals surface area contributed by atoms with Gasteiger partial charge < -0.3 is 18.9 Å². The summed E-state index contributed by atoms with van der Waals surface area (Å²) in [5, 5.41) is 0. The lowest BCUT2D eigenvalue weighted by molar-refractivity contribution is -0.136. The maximum atomic E-state index is 13.4. The molecule has 2 aromatic rings. The average molecular weight is 423 g/mol. The van der Waals surface area contributed by atoms with E-state index in [9.17, 15) is 9.59 Å². The molecular weight excluding hydrogens is 398 g/mol. The predicted molar refractivity (Wildman–Crippen MR) is 115 cm³/mol. The Morgan fingerprint density at radius 2 is 1.61 bits per heavy atom. The van der Waals surface area contributed by atoms with E-state index in [4.69, 9.17) is 18.9 Å². The third kappa shape index (κ3) is 3.40. The molecule has 2 aromatic carbocycles. The van der Waals surface area contributed by atoms with Crippen molar-refractivity contribution in [1.82, 2.24) is 0 Å². The standard InChI is InChI=1S/C24H25NO6/c1-13-8-14(2)10-15(9-13)25-18-12-31-24(27)21(18)17(11-20(25)26)16-6-7-19(28-3)23(30-5)22(16)29-4/h6-10,17H,11-12H2,1-5H3/t17-/m0/s1. The summed E-state index contributed by atoms with van der Waals surface area (Å²) in [4.78, 5) is 27.7. The van der Waals surface area contributed by atoms with E-state index in [0.29, 0.717) is 34.1 Å². The van der Waals surface area contributed by atoms with E-state index in [1.165, 1.54) is 21.3 Å². The van der Waals surface area contributed by atoms with Gasteiger partial charge in [0.15, 0.2) is 11.5 Å². The number of hydrogen-bond donors (Lipinski definition) is 0. The fraction of sp³-hybridized carbons (Fsp3) is 0.333. The van der Waals surface area contributed by atoms with Crippen molar-refractivity contribution in [3.05, 3.63) is 58.3 Å². The lowest BCUT2D eigenvalue weighted by atomic mass is 9.83. The molecule has 7 heteroatoms. The van der Waals surface area contributed by atoms with Crippen LogP contribution >= 0.6 is 0 Å². The SMILES string of the molecule is COc1ccc([C@@H]2CC(=O)N(c3cc(C)cc(C)c3)C3=C2C(=O)OC3)c(OC)c1OC. The molecule has 0 fully saturated rings. The van der Waals surface area contributed by atoms with E-state index in [0.717, 1.165) is 16.8 Å². The number of methoxy groups -OCH3 is 3. The Balaban J connectivity index is 1.88. The number of carbonyl (C=O) groups excluding carboxylic acids is 2. The fourth-order valence-corrected chi connectivity index (χ4v) is 4.50. The molecule has 2 heterocycles. The van der Waals surface area contributed by atoms with Gasteiger partial charge in [-0.25, -0.2) is 4.79 Å². The van der Waals surface area contributed by atoms with Crippen LogP contribution in [-0.2, 0) is 14.3 Å². The van der Waals surface area contributed by atoms with E-state index >= 15 is 0 Å². The van der Waals surface area contributed by atoms with Gasteiger partial charge >= 0.3 is 5.97 Å². The van der Waals surface area contributed by atoms with Crippen LogP contribution in [0.4, 0.5) is 5.69 Å². The van der Waals surface area contributed by atoms with Crippen LogP contribution < -0.4 is 19.1 Å². The molecule has 0 saturated carbocycles. The zero-order valence-electron chi connectivity index (χ0n) is 18.3. The van der Waals surface area contributed by atoms with E-state index in [1.807, 2.05) is 32.0 Å². The number of cyclic esters (lactones) is 1. The zero-order chi connectivity index (χ0) is 22.3. The quantitative estimate of drug-likeness (QED) is 0.684. The third-order valence-electron chi connectivity index (χ3n) is 5.69. The summed E-state index contributed by atoms with van der Waals surface area (Å²) < 4.78 is 21.9. The number of amides is 1. The Labute approximate surface area is 181 Å². The number of aryl methyl sites for hydroxylation is 2. The molecule has 4 rings (SSSR count). The zero-order valence-corrected chi connectivity index (χ0v) is 18.3. The fourth-order valence-electron chi connectivity index (χ4n) is 4.50. The van der Waals surface area contributed by atoms with Gasteiger partial charge in [-0.15, -0.1) is 0 Å². The van der Waals surface area contributed by atoms with Crippen LogP contribution in [0.2, 0.25) is 0 Å². The van der Waals surface area contributed by atoms with Crippen LogP contribution in [-0.4, -0.2) is 39.8 Å². The van der Waals surface area contributed by atoms with Crippen molar-refractivity contribution in [1.29, 1.82) is 0 Å². The highest BCUT2D eigenvalue weighted by atomic mass is 16.5. The summed E-state index contributed by atoms with van der Waals surface area (Å²) in [5.41, 5.74) is 4.56. The number of hydrogen-bond acceptors (Lipinski definition) is 6. The molecule has 1 amide bonds. The van der Waals surface area contributed by atoms with Crippen LogP contribution in [0, 0.1) is 13.8 Å². The molecule has 7 nitrogen and oxygen atoms in total. The number of rotatable bonds is 5. The van der Waals surface area contributed by atoms with Crippen LogP contribution in [0.3, 0.4) is 0 Å². The molecule has 0 aromatic heterocycles. The highest BCUT2D eigenvalue weighted by Crippen LogP contribution is 2.49. The molecular formula is C24H25NO6. The lowest BCUT2D eigenvalue weighted by Crippen LogP contribution is -2.37. The summed E-state index contributed by atoms with van der Waals surface area (Å²) >= 11 is 0. The summed E-state index contributed by atoms with van der Waals surface area (Å²) in [6.45, 7) is 4.01. The third-order valence-corrected chi connectivity index (χ3v) is 5.69. The normalized spacial score (nSPS) is 18.1. The molecule has 1 atom stereocenters. The highest BCUT2D eigenvalue weighted by Gasteiger charge is 2.44. The largest absolute Gasteiger partial charge is 0.493 e. The van der Waals surface area contributed by atoms with Gasteiger partial charge in [0.05, 0.1) is 32.6 Å². The highest BCUT2D eigenvalue weighted by molar-refractivity contribution is 6.06. The Bertz CT molecular complexity index is 1080. The molecule has 2 aliphatic rings. The van der Waals surface area contributed by atoms with Gasteiger partial charge in [0.25, 0.3) is 0 Å². The first-order valence-corrected chi connectivity index (χ1v) is 9.99. The Morgan fingerprint density at radius 1 is 0.935 bits per heavy atom. The molecule has 0 unspecified atom stereocenters. The van der Waals surface area contributed by atoms with Crippen LogP contribution in [0.1, 0.15) is 29.0 Å². The second kappa shape index (κ2) is 7.98. The smallest absolute Gasteiger partial charge is 0.336 e. The molecule has 0 spiro atoms. The van der Waals surface area contributed by atoms with Gasteiger partial charge in [-0.3, -0.25) is 9.69 Å². The molecule has 2 aliphatic heterocycles. The van der Waals surface area contributed by atoms with E-state index in [-0.39, 0.29) is 18.9 Å². The second-order valence-electron chi connectivity index (χ2n) is 7.69. The topological polar surface area (TPSA) is 74.3 Å². The monoisotopic (exact) mass is 423 g/mol. The first-order chi connectivity index (χ1) is 14.9. The van der Waals surface area contributed by atoms with Crippen molar-refractivity contribution in [3.63, 3.8) is 0 Å². The molecule has 0 aliphatic carbocycles. The van der Waals surface area contributed by atoms with Crippen molar-refractivity contribution >= 4 is 17.6 Å². The van der Waals surface area contributed by atoms with Crippen molar-refractivity contribution in [3.8, 4) is 17.2 Å². The maximum Gasteiger partial charge on any atom is 0.336 e. The number of esters is 1. The Kier molecular flexibility index (Phi) is 5.35. The number of anilines is 1. The number of carbonyl (C=O) groups is 2. The number of nitrogens with zero attached hydrogens (tertiary/aromatic N) is 1. The minimum Gasteiger partial charge on any atom is -0.493 e. The second-order valence-corrected chi connectivity index (χ2v) is 7.69. The van der Waals surface area contributed by atoms with Gasteiger partial charge in [0.1, 0.15) is 6.61 Å². The molecule has 162 valence electrons. The molecule has 0 N–H and O–H groups in total. The van der Waals surface area contributed by atoms with Crippen molar-refractivity contribution < 1.29 is 28.5 Å². The predicted octanol–water partition coefficient (Wildman–Crippen LogP) is 3.66. The van der Waals surface area contributed by atoms with Crippen LogP contribution in [0.5, 0.6) is 17.2 Å². The Morgan fingerprint density at radius 3 is 2.23 bits per heavy atom. The van der Waals surface area contributed by atoms with Gasteiger partial charge in [-0.2, -0.15) is 0 Å². The van der Waals surface area contributed by atoms with E-state index in [1.54, 1.807) is 17.0 Å². The molecule has 31 heavy (non-hydrogen) atoms. The van der Waals surface area contributed by atoms with Crippen molar-refractivity contribution in [2.24, 2.45) is 0 Å². The minimum absolute atomic E-state index is 0.0546. The first-order valence-electron chi connectivity index (χ1n) is 9.99. The first kappa shape index (κ1) is 20.8. The molecule has 0 saturated heterocycles. The van der Waals surface area contributed by atoms with Crippen LogP contribution in [0.15, 0.2) is 41.6 Å². The summed E-state index contributed by atoms with van der Waals surface area (Å²) in [7, 11) is 4.58. The van der Waals surface area contributed by atoms with Gasteiger partial charge in [0, 0.05) is 23.6 Å². The van der Waals surface area contributed by atoms with Crippen LogP contribution in [0.25, 0.3) is 0 Å². The van der Waals surface area contributed by atoms with Crippen molar-refractivity contribution in [2.45, 2.75) is 26.2 Å². The number of benzene rings is 2. The summed E-state index contributed by atoms with van der Waals surface area (Å²) in [6.07, 6.45) is 0.104. The number of ether oxygens (including phenoxy) is 4. The molecule has 0 bridgehead atoms. The van der Waals surface area contributed by atoms with E-state index in [2.05, 4.69) is 0 Å². The van der Waals surface area contributed by atoms with Gasteiger partial charge in [-0.05, 0) is 43.2 Å². The van der Waals surface area contributed by atoms with Gasteiger partial charge in [0.2, 0.25) is 11.7 Å². The average Bonchev–Trinajstić information content (AvgIpc) is 3.12. The van der Waals surface area contributed by atoms with Crippen molar-refractivity contribution in [2.75, 3.05) is 32.8 Å². The van der Waals surface area contributed by atoms with E-state index < -0.39 is 11.9 Å². The molecule has 0 radical (unpaired) electrons. The summed E-state index contributed by atoms with van der Waals surface area (Å²) in [5.74, 6) is 0.327. The minimum atomic E-state index is -0.505. The lowest BCUT2D eigenvalue weighted by Gasteiger charge is -2.33. The Hall–Kier alpha value is -3.48. The summed E-state index contributed by atoms with van der Waals surface area (Å²) in [6, 6.07) is 9.48.